The summed E-state index contributed by atoms with van der Waals surface area (Å²) in [4.78, 5) is 27.7. The third-order valence-corrected chi connectivity index (χ3v) is 3.19. The molecule has 0 aliphatic carbocycles. The average molecular weight is 272 g/mol. The van der Waals surface area contributed by atoms with Gasteiger partial charge in [0.25, 0.3) is 0 Å². The van der Waals surface area contributed by atoms with E-state index in [1.165, 1.54) is 11.3 Å². The van der Waals surface area contributed by atoms with Crippen molar-refractivity contribution in [3.05, 3.63) is 58.2 Å². The lowest BCUT2D eigenvalue weighted by Crippen LogP contribution is -2.24. The van der Waals surface area contributed by atoms with Crippen LogP contribution in [0.4, 0.5) is 0 Å². The van der Waals surface area contributed by atoms with Gasteiger partial charge in [-0.25, -0.2) is 0 Å². The highest BCUT2D eigenvalue weighted by molar-refractivity contribution is 7.10. The SMILES string of the molecule is O=C/C(=C\c1ccccn1)NC(=O)Cc1cccs1. The van der Waals surface area contributed by atoms with Gasteiger partial charge in [-0.3, -0.25) is 14.6 Å². The molecule has 0 spiro atoms. The van der Waals surface area contributed by atoms with Crippen molar-refractivity contribution in [3.63, 3.8) is 0 Å². The summed E-state index contributed by atoms with van der Waals surface area (Å²) in [5.41, 5.74) is 0.835. The van der Waals surface area contributed by atoms with E-state index in [4.69, 9.17) is 0 Å². The van der Waals surface area contributed by atoms with E-state index < -0.39 is 0 Å². The van der Waals surface area contributed by atoms with Gasteiger partial charge in [-0.2, -0.15) is 0 Å². The van der Waals surface area contributed by atoms with Crippen molar-refractivity contribution in [1.29, 1.82) is 0 Å². The third kappa shape index (κ3) is 4.15. The number of carbonyl (C=O) groups is 2. The molecule has 2 heterocycles. The highest BCUT2D eigenvalue weighted by atomic mass is 32.1. The summed E-state index contributed by atoms with van der Waals surface area (Å²) in [5.74, 6) is -0.211. The second-order valence-electron chi connectivity index (χ2n) is 3.78. The molecular weight excluding hydrogens is 260 g/mol. The van der Waals surface area contributed by atoms with Crippen LogP contribution in [-0.4, -0.2) is 17.2 Å². The number of rotatable bonds is 5. The predicted molar refractivity (Wildman–Crippen MR) is 74.4 cm³/mol. The lowest BCUT2D eigenvalue weighted by Gasteiger charge is -2.03. The Kier molecular flexibility index (Phi) is 4.58. The van der Waals surface area contributed by atoms with E-state index in [0.717, 1.165) is 4.88 Å². The first-order valence-electron chi connectivity index (χ1n) is 5.68. The van der Waals surface area contributed by atoms with Crippen LogP contribution < -0.4 is 5.32 Å². The molecule has 19 heavy (non-hydrogen) atoms. The van der Waals surface area contributed by atoms with Crippen LogP contribution in [0, 0.1) is 0 Å². The zero-order valence-electron chi connectivity index (χ0n) is 10.1. The van der Waals surface area contributed by atoms with E-state index in [0.29, 0.717) is 12.0 Å². The maximum absolute atomic E-state index is 11.7. The van der Waals surface area contributed by atoms with Crippen LogP contribution in [0.2, 0.25) is 0 Å². The van der Waals surface area contributed by atoms with E-state index in [1.807, 2.05) is 23.6 Å². The van der Waals surface area contributed by atoms with Crippen molar-refractivity contribution in [2.75, 3.05) is 0 Å². The molecule has 0 radical (unpaired) electrons. The molecule has 0 saturated heterocycles. The number of carbonyl (C=O) groups excluding carboxylic acids is 2. The van der Waals surface area contributed by atoms with Crippen molar-refractivity contribution in [2.24, 2.45) is 0 Å². The first-order chi connectivity index (χ1) is 9.28. The maximum Gasteiger partial charge on any atom is 0.229 e. The van der Waals surface area contributed by atoms with E-state index in [-0.39, 0.29) is 18.0 Å². The van der Waals surface area contributed by atoms with Crippen molar-refractivity contribution in [3.8, 4) is 0 Å². The first-order valence-corrected chi connectivity index (χ1v) is 6.56. The first kappa shape index (κ1) is 13.2. The van der Waals surface area contributed by atoms with Crippen molar-refractivity contribution >= 4 is 29.6 Å². The van der Waals surface area contributed by atoms with E-state index in [1.54, 1.807) is 24.4 Å². The molecule has 1 amide bonds. The standard InChI is InChI=1S/C14H12N2O2S/c17-10-12(8-11-4-1-2-6-15-11)16-14(18)9-13-5-3-7-19-13/h1-8,10H,9H2,(H,16,18)/b12-8+. The van der Waals surface area contributed by atoms with Crippen LogP contribution in [-0.2, 0) is 16.0 Å². The molecule has 0 aliphatic rings. The molecule has 5 heteroatoms. The second-order valence-corrected chi connectivity index (χ2v) is 4.81. The van der Waals surface area contributed by atoms with Gasteiger partial charge in [0.2, 0.25) is 5.91 Å². The minimum Gasteiger partial charge on any atom is -0.323 e. The number of hydrogen-bond acceptors (Lipinski definition) is 4. The number of nitrogens with one attached hydrogen (secondary N) is 1. The number of aromatic nitrogens is 1. The summed E-state index contributed by atoms with van der Waals surface area (Å²) in [5, 5.41) is 4.48. The van der Waals surface area contributed by atoms with E-state index in [9.17, 15) is 9.59 Å². The number of amides is 1. The molecule has 2 aromatic rings. The van der Waals surface area contributed by atoms with Crippen LogP contribution in [0.3, 0.4) is 0 Å². The summed E-state index contributed by atoms with van der Waals surface area (Å²) in [6.07, 6.45) is 4.05. The van der Waals surface area contributed by atoms with Crippen LogP contribution in [0.15, 0.2) is 47.6 Å². The average Bonchev–Trinajstić information content (AvgIpc) is 2.92. The summed E-state index contributed by atoms with van der Waals surface area (Å²) in [7, 11) is 0. The molecule has 0 atom stereocenters. The molecule has 0 fully saturated rings. The fourth-order valence-corrected chi connectivity index (χ4v) is 2.20. The lowest BCUT2D eigenvalue weighted by atomic mass is 10.3. The third-order valence-electron chi connectivity index (χ3n) is 2.32. The minimum atomic E-state index is -0.211. The van der Waals surface area contributed by atoms with Gasteiger partial charge in [0, 0.05) is 11.1 Å². The fraction of sp³-hybridized carbons (Fsp3) is 0.0714. The number of aldehydes is 1. The Morgan fingerprint density at radius 3 is 2.84 bits per heavy atom. The van der Waals surface area contributed by atoms with Gasteiger partial charge in [0.15, 0.2) is 6.29 Å². The number of allylic oxidation sites excluding steroid dienone is 1. The lowest BCUT2D eigenvalue weighted by molar-refractivity contribution is -0.120. The Hall–Kier alpha value is -2.27. The van der Waals surface area contributed by atoms with Gasteiger partial charge in [-0.1, -0.05) is 12.1 Å². The zero-order valence-corrected chi connectivity index (χ0v) is 10.9. The minimum absolute atomic E-state index is 0.209. The molecule has 4 nitrogen and oxygen atoms in total. The molecule has 0 aromatic carbocycles. The molecule has 0 bridgehead atoms. The molecule has 1 N–H and O–H groups in total. The molecule has 2 aromatic heterocycles. The van der Waals surface area contributed by atoms with Crippen LogP contribution in [0.1, 0.15) is 10.6 Å². The van der Waals surface area contributed by atoms with Crippen molar-refractivity contribution < 1.29 is 9.59 Å². The normalized spacial score (nSPS) is 11.1. The summed E-state index contributed by atoms with van der Waals surface area (Å²) < 4.78 is 0. The van der Waals surface area contributed by atoms with Gasteiger partial charge < -0.3 is 5.32 Å². The summed E-state index contributed by atoms with van der Waals surface area (Å²) in [6.45, 7) is 0. The maximum atomic E-state index is 11.7. The molecule has 2 rings (SSSR count). The zero-order chi connectivity index (χ0) is 13.5. The van der Waals surface area contributed by atoms with Gasteiger partial charge in [-0.15, -0.1) is 11.3 Å². The van der Waals surface area contributed by atoms with E-state index >= 15 is 0 Å². The molecule has 0 aliphatic heterocycles. The Labute approximate surface area is 114 Å². The van der Waals surface area contributed by atoms with Crippen molar-refractivity contribution in [1.82, 2.24) is 10.3 Å². The number of nitrogens with zero attached hydrogens (tertiary/aromatic N) is 1. The van der Waals surface area contributed by atoms with Crippen molar-refractivity contribution in [2.45, 2.75) is 6.42 Å². The molecular formula is C14H12N2O2S. The van der Waals surface area contributed by atoms with Gasteiger partial charge in [0.05, 0.1) is 17.8 Å². The molecule has 0 unspecified atom stereocenters. The topological polar surface area (TPSA) is 59.1 Å². The fourth-order valence-electron chi connectivity index (χ4n) is 1.50. The van der Waals surface area contributed by atoms with Gasteiger partial charge in [-0.05, 0) is 29.7 Å². The van der Waals surface area contributed by atoms with Crippen LogP contribution in [0.25, 0.3) is 6.08 Å². The number of hydrogen-bond donors (Lipinski definition) is 1. The van der Waals surface area contributed by atoms with Crippen LogP contribution >= 0.6 is 11.3 Å². The van der Waals surface area contributed by atoms with E-state index in [2.05, 4.69) is 10.3 Å². The largest absolute Gasteiger partial charge is 0.323 e. The monoisotopic (exact) mass is 272 g/mol. The number of pyridine rings is 1. The van der Waals surface area contributed by atoms with Crippen LogP contribution in [0.5, 0.6) is 0 Å². The Morgan fingerprint density at radius 2 is 2.21 bits per heavy atom. The summed E-state index contributed by atoms with van der Waals surface area (Å²) >= 11 is 1.51. The Balaban J connectivity index is 2.01. The summed E-state index contributed by atoms with van der Waals surface area (Å²) in [6, 6.07) is 9.13. The smallest absolute Gasteiger partial charge is 0.229 e. The highest BCUT2D eigenvalue weighted by Crippen LogP contribution is 2.09. The highest BCUT2D eigenvalue weighted by Gasteiger charge is 2.06. The van der Waals surface area contributed by atoms with Gasteiger partial charge in [0.1, 0.15) is 0 Å². The Morgan fingerprint density at radius 1 is 1.32 bits per heavy atom. The second kappa shape index (κ2) is 6.61. The molecule has 0 saturated carbocycles. The quantitative estimate of drug-likeness (QED) is 0.669. The molecule has 96 valence electrons. The Bertz CT molecular complexity index is 577. The predicted octanol–water partition coefficient (Wildman–Crippen LogP) is 2.04. The van der Waals surface area contributed by atoms with Gasteiger partial charge >= 0.3 is 0 Å². The number of thiophene rings is 1.